The Labute approximate surface area is 125 Å². The zero-order valence-electron chi connectivity index (χ0n) is 13.8. The van der Waals surface area contributed by atoms with E-state index >= 15 is 0 Å². The monoisotopic (exact) mass is 286 g/mol. The molecule has 0 aromatic rings. The Morgan fingerprint density at radius 3 is 1.95 bits per heavy atom. The largest absolute Gasteiger partial charge is 0.516 e. The standard InChI is InChI=1S/C9H18O2.C8H16O/c1-8(2)6-4-3-5-7-9(10)11;1-8(2)6-4-3-5-7-9/h8H,3-7H2,1-2H3,(H,10,11);5,7-9H,3-4,6H2,1-2H3. The summed E-state index contributed by atoms with van der Waals surface area (Å²) in [6, 6.07) is 0. The van der Waals surface area contributed by atoms with Crippen LogP contribution in [0.1, 0.15) is 79.1 Å². The first-order valence-corrected chi connectivity index (χ1v) is 7.91. The lowest BCUT2D eigenvalue weighted by molar-refractivity contribution is -0.137. The predicted molar refractivity (Wildman–Crippen MR) is 86.0 cm³/mol. The van der Waals surface area contributed by atoms with Crippen LogP contribution >= 0.6 is 0 Å². The number of aliphatic carboxylic acids is 1. The summed E-state index contributed by atoms with van der Waals surface area (Å²) < 4.78 is 0. The van der Waals surface area contributed by atoms with Gasteiger partial charge in [-0.25, -0.2) is 0 Å². The van der Waals surface area contributed by atoms with Crippen LogP contribution in [-0.4, -0.2) is 16.2 Å². The van der Waals surface area contributed by atoms with Crippen LogP contribution in [0.4, 0.5) is 0 Å². The fourth-order valence-corrected chi connectivity index (χ4v) is 1.72. The molecule has 0 atom stereocenters. The van der Waals surface area contributed by atoms with Gasteiger partial charge in [-0.15, -0.1) is 0 Å². The summed E-state index contributed by atoms with van der Waals surface area (Å²) in [6.45, 7) is 8.81. The second kappa shape index (κ2) is 16.1. The normalized spacial score (nSPS) is 10.9. The number of rotatable bonds is 10. The lowest BCUT2D eigenvalue weighted by atomic mass is 10.0. The van der Waals surface area contributed by atoms with Crippen molar-refractivity contribution >= 4 is 5.97 Å². The van der Waals surface area contributed by atoms with E-state index in [2.05, 4.69) is 27.7 Å². The third kappa shape index (κ3) is 25.8. The average Bonchev–Trinajstić information content (AvgIpc) is 2.34. The lowest BCUT2D eigenvalue weighted by Crippen LogP contribution is -1.94. The van der Waals surface area contributed by atoms with E-state index in [-0.39, 0.29) is 0 Å². The van der Waals surface area contributed by atoms with Crippen LogP contribution in [0.25, 0.3) is 0 Å². The minimum Gasteiger partial charge on any atom is -0.516 e. The third-order valence-corrected chi connectivity index (χ3v) is 2.93. The van der Waals surface area contributed by atoms with Crippen LogP contribution in [0.2, 0.25) is 0 Å². The molecule has 0 amide bonds. The number of aliphatic hydroxyl groups is 1. The summed E-state index contributed by atoms with van der Waals surface area (Å²) in [6.07, 6.45) is 11.0. The number of allylic oxidation sites excluding steroid dienone is 1. The van der Waals surface area contributed by atoms with Crippen molar-refractivity contribution in [3.63, 3.8) is 0 Å². The molecule has 2 N–H and O–H groups in total. The second-order valence-corrected chi connectivity index (χ2v) is 6.10. The predicted octanol–water partition coefficient (Wildman–Crippen LogP) is 5.56. The summed E-state index contributed by atoms with van der Waals surface area (Å²) in [7, 11) is 0. The quantitative estimate of drug-likeness (QED) is 0.408. The summed E-state index contributed by atoms with van der Waals surface area (Å²) in [5.41, 5.74) is 0. The van der Waals surface area contributed by atoms with Gasteiger partial charge < -0.3 is 10.2 Å². The van der Waals surface area contributed by atoms with E-state index in [9.17, 15) is 4.79 Å². The highest BCUT2D eigenvalue weighted by Gasteiger charge is 1.97. The average molecular weight is 286 g/mol. The molecule has 0 aliphatic rings. The zero-order valence-corrected chi connectivity index (χ0v) is 13.8. The van der Waals surface area contributed by atoms with E-state index in [4.69, 9.17) is 10.2 Å². The van der Waals surface area contributed by atoms with E-state index < -0.39 is 5.97 Å². The highest BCUT2D eigenvalue weighted by molar-refractivity contribution is 5.66. The van der Waals surface area contributed by atoms with E-state index in [0.717, 1.165) is 37.4 Å². The lowest BCUT2D eigenvalue weighted by Gasteiger charge is -2.02. The van der Waals surface area contributed by atoms with E-state index in [1.54, 1.807) is 6.08 Å². The molecule has 0 heterocycles. The van der Waals surface area contributed by atoms with Crippen molar-refractivity contribution in [1.82, 2.24) is 0 Å². The van der Waals surface area contributed by atoms with E-state index in [0.29, 0.717) is 6.42 Å². The number of aliphatic hydroxyl groups excluding tert-OH is 1. The topological polar surface area (TPSA) is 57.5 Å². The van der Waals surface area contributed by atoms with Crippen molar-refractivity contribution in [2.24, 2.45) is 11.8 Å². The van der Waals surface area contributed by atoms with Gasteiger partial charge in [-0.2, -0.15) is 0 Å². The minimum absolute atomic E-state index is 0.331. The molecule has 0 radical (unpaired) electrons. The molecular weight excluding hydrogens is 252 g/mol. The molecule has 0 aliphatic carbocycles. The molecule has 0 saturated heterocycles. The molecule has 0 aromatic heterocycles. The molecule has 3 nitrogen and oxygen atoms in total. The molecule has 0 rings (SSSR count). The molecule has 3 heteroatoms. The third-order valence-electron chi connectivity index (χ3n) is 2.93. The summed E-state index contributed by atoms with van der Waals surface area (Å²) in [5, 5.41) is 16.6. The molecule has 120 valence electrons. The molecule has 20 heavy (non-hydrogen) atoms. The fraction of sp³-hybridized carbons (Fsp3) is 0.824. The van der Waals surface area contributed by atoms with Crippen LogP contribution in [-0.2, 0) is 4.79 Å². The second-order valence-electron chi connectivity index (χ2n) is 6.10. The van der Waals surface area contributed by atoms with Gasteiger partial charge in [0, 0.05) is 6.42 Å². The van der Waals surface area contributed by atoms with Crippen LogP contribution in [0.15, 0.2) is 12.3 Å². The maximum Gasteiger partial charge on any atom is 0.303 e. The zero-order chi connectivity index (χ0) is 15.8. The maximum absolute atomic E-state index is 10.1. The Balaban J connectivity index is 0. The van der Waals surface area contributed by atoms with Gasteiger partial charge in [0.05, 0.1) is 6.26 Å². The van der Waals surface area contributed by atoms with Crippen molar-refractivity contribution in [2.75, 3.05) is 0 Å². The molecule has 0 spiro atoms. The van der Waals surface area contributed by atoms with Gasteiger partial charge in [0.25, 0.3) is 0 Å². The first-order valence-electron chi connectivity index (χ1n) is 7.91. The number of unbranched alkanes of at least 4 members (excludes halogenated alkanes) is 3. The van der Waals surface area contributed by atoms with Crippen LogP contribution in [0.3, 0.4) is 0 Å². The van der Waals surface area contributed by atoms with Gasteiger partial charge in [0.1, 0.15) is 0 Å². The molecule has 0 unspecified atom stereocenters. The number of carbonyl (C=O) groups is 1. The van der Waals surface area contributed by atoms with Crippen LogP contribution in [0.5, 0.6) is 0 Å². The van der Waals surface area contributed by atoms with Gasteiger partial charge in [-0.1, -0.05) is 59.5 Å². The highest BCUT2D eigenvalue weighted by Crippen LogP contribution is 2.09. The molecule has 0 fully saturated rings. The van der Waals surface area contributed by atoms with Gasteiger partial charge in [-0.3, -0.25) is 4.79 Å². The molecule has 0 bridgehead atoms. The first kappa shape index (κ1) is 21.3. The summed E-state index contributed by atoms with van der Waals surface area (Å²) in [4.78, 5) is 10.1. The molecule has 0 saturated carbocycles. The Bertz CT molecular complexity index is 232. The van der Waals surface area contributed by atoms with E-state index in [1.165, 1.54) is 25.7 Å². The van der Waals surface area contributed by atoms with Crippen LogP contribution < -0.4 is 0 Å². The maximum atomic E-state index is 10.1. The van der Waals surface area contributed by atoms with Crippen molar-refractivity contribution in [3.05, 3.63) is 12.3 Å². The Morgan fingerprint density at radius 1 is 0.950 bits per heavy atom. The highest BCUT2D eigenvalue weighted by atomic mass is 16.4. The Hall–Kier alpha value is -0.990. The van der Waals surface area contributed by atoms with Crippen molar-refractivity contribution in [3.8, 4) is 0 Å². The van der Waals surface area contributed by atoms with Crippen molar-refractivity contribution < 1.29 is 15.0 Å². The number of carboxylic acid groups (broad SMARTS) is 1. The van der Waals surface area contributed by atoms with Crippen molar-refractivity contribution in [1.29, 1.82) is 0 Å². The Morgan fingerprint density at radius 2 is 1.50 bits per heavy atom. The number of hydrogen-bond acceptors (Lipinski definition) is 2. The van der Waals surface area contributed by atoms with Gasteiger partial charge in [0.2, 0.25) is 0 Å². The SMILES string of the molecule is CC(C)CCCC=CO.CC(C)CCCCCC(=O)O. The van der Waals surface area contributed by atoms with Gasteiger partial charge in [-0.05, 0) is 31.1 Å². The number of hydrogen-bond donors (Lipinski definition) is 2. The van der Waals surface area contributed by atoms with Crippen molar-refractivity contribution in [2.45, 2.75) is 79.1 Å². The van der Waals surface area contributed by atoms with Gasteiger partial charge in [0.15, 0.2) is 0 Å². The summed E-state index contributed by atoms with van der Waals surface area (Å²) in [5.74, 6) is 0.867. The summed E-state index contributed by atoms with van der Waals surface area (Å²) >= 11 is 0. The fourth-order valence-electron chi connectivity index (χ4n) is 1.72. The number of carboxylic acids is 1. The molecule has 0 aromatic carbocycles. The molecular formula is C17H34O3. The first-order chi connectivity index (χ1) is 9.40. The Kier molecular flexibility index (Phi) is 17.1. The minimum atomic E-state index is -0.672. The smallest absolute Gasteiger partial charge is 0.303 e. The van der Waals surface area contributed by atoms with Crippen LogP contribution in [0, 0.1) is 11.8 Å². The molecule has 0 aliphatic heterocycles. The van der Waals surface area contributed by atoms with E-state index in [1.807, 2.05) is 0 Å². The van der Waals surface area contributed by atoms with Gasteiger partial charge >= 0.3 is 5.97 Å².